The van der Waals surface area contributed by atoms with Crippen LogP contribution in [0.2, 0.25) is 0 Å². The fraction of sp³-hybridized carbons (Fsp3) is 0.467. The molecule has 0 aliphatic carbocycles. The minimum atomic E-state index is -1.11. The smallest absolute Gasteiger partial charge is 0.339 e. The van der Waals surface area contributed by atoms with Crippen LogP contribution in [0, 0.1) is 0 Å². The fourth-order valence-electron chi connectivity index (χ4n) is 1.86. The van der Waals surface area contributed by atoms with Crippen LogP contribution in [0.4, 0.5) is 0 Å². The van der Waals surface area contributed by atoms with Gasteiger partial charge in [0.25, 0.3) is 5.91 Å². The third-order valence-corrected chi connectivity index (χ3v) is 4.44. The molecule has 0 aliphatic rings. The van der Waals surface area contributed by atoms with E-state index in [1.54, 1.807) is 6.92 Å². The zero-order chi connectivity index (χ0) is 17.2. The van der Waals surface area contributed by atoms with Crippen LogP contribution in [-0.2, 0) is 18.4 Å². The number of nitrogens with zero attached hydrogens (tertiary/aromatic N) is 2. The van der Waals surface area contributed by atoms with E-state index in [-0.39, 0.29) is 29.0 Å². The van der Waals surface area contributed by atoms with Crippen LogP contribution in [0.3, 0.4) is 0 Å². The van der Waals surface area contributed by atoms with Gasteiger partial charge in [0.2, 0.25) is 0 Å². The molecular weight excluding hydrogens is 318 g/mol. The Hall–Kier alpha value is -2.22. The average Bonchev–Trinajstić information content (AvgIpc) is 3.10. The monoisotopic (exact) mass is 337 g/mol. The number of aromatic nitrogens is 2. The summed E-state index contributed by atoms with van der Waals surface area (Å²) in [6, 6.07) is 1.25. The molecule has 2 rings (SSSR count). The van der Waals surface area contributed by atoms with Crippen molar-refractivity contribution < 1.29 is 19.1 Å². The second kappa shape index (κ2) is 6.49. The van der Waals surface area contributed by atoms with Gasteiger partial charge in [-0.05, 0) is 0 Å². The molecule has 0 unspecified atom stereocenters. The van der Waals surface area contributed by atoms with Crippen LogP contribution in [0.25, 0.3) is 0 Å². The SMILES string of the molecule is CCc1oc(C(=O)NCc2nnc(C(C)(C)C)s2)cc1C(=O)O. The summed E-state index contributed by atoms with van der Waals surface area (Å²) in [7, 11) is 0. The third-order valence-electron chi connectivity index (χ3n) is 3.09. The predicted octanol–water partition coefficient (Wildman–Crippen LogP) is 2.62. The number of amides is 1. The van der Waals surface area contributed by atoms with Gasteiger partial charge < -0.3 is 14.8 Å². The molecule has 0 aromatic carbocycles. The van der Waals surface area contributed by atoms with Crippen LogP contribution >= 0.6 is 11.3 Å². The van der Waals surface area contributed by atoms with E-state index < -0.39 is 11.9 Å². The molecule has 2 aromatic rings. The lowest BCUT2D eigenvalue weighted by molar-refractivity contribution is 0.0694. The number of aromatic carboxylic acids is 1. The lowest BCUT2D eigenvalue weighted by atomic mass is 9.98. The van der Waals surface area contributed by atoms with Crippen LogP contribution in [0.1, 0.15) is 64.4 Å². The summed E-state index contributed by atoms with van der Waals surface area (Å²) in [4.78, 5) is 23.2. The standard InChI is InChI=1S/C15H19N3O4S/c1-5-9-8(13(20)21)6-10(22-9)12(19)16-7-11-17-18-14(23-11)15(2,3)4/h6H,5,7H2,1-4H3,(H,16,19)(H,20,21). The Morgan fingerprint density at radius 2 is 2.04 bits per heavy atom. The van der Waals surface area contributed by atoms with Crippen molar-refractivity contribution in [2.45, 2.75) is 46.1 Å². The first-order chi connectivity index (χ1) is 10.7. The molecule has 23 heavy (non-hydrogen) atoms. The van der Waals surface area contributed by atoms with E-state index in [4.69, 9.17) is 9.52 Å². The highest BCUT2D eigenvalue weighted by molar-refractivity contribution is 7.11. The van der Waals surface area contributed by atoms with Crippen LogP contribution in [-0.4, -0.2) is 27.2 Å². The average molecular weight is 337 g/mol. The number of furan rings is 1. The summed E-state index contributed by atoms with van der Waals surface area (Å²) in [5.74, 6) is -1.31. The Kier molecular flexibility index (Phi) is 4.84. The molecule has 2 N–H and O–H groups in total. The maximum absolute atomic E-state index is 12.1. The molecule has 0 spiro atoms. The molecule has 0 fully saturated rings. The number of carboxylic acid groups (broad SMARTS) is 1. The summed E-state index contributed by atoms with van der Waals surface area (Å²) in [5.41, 5.74) is -0.0727. The van der Waals surface area contributed by atoms with Crippen molar-refractivity contribution in [3.8, 4) is 0 Å². The maximum atomic E-state index is 12.1. The second-order valence-electron chi connectivity index (χ2n) is 6.04. The number of carbonyl (C=O) groups is 2. The number of rotatable bonds is 5. The number of carboxylic acids is 1. The van der Waals surface area contributed by atoms with Crippen LogP contribution < -0.4 is 5.32 Å². The Morgan fingerprint density at radius 1 is 1.35 bits per heavy atom. The van der Waals surface area contributed by atoms with Gasteiger partial charge in [0.15, 0.2) is 5.76 Å². The van der Waals surface area contributed by atoms with Crippen LogP contribution in [0.5, 0.6) is 0 Å². The molecule has 0 saturated carbocycles. The van der Waals surface area contributed by atoms with Gasteiger partial charge >= 0.3 is 5.97 Å². The Labute approximate surface area is 137 Å². The zero-order valence-corrected chi connectivity index (χ0v) is 14.3. The molecular formula is C15H19N3O4S. The van der Waals surface area contributed by atoms with Gasteiger partial charge in [0.05, 0.1) is 6.54 Å². The molecule has 2 heterocycles. The zero-order valence-electron chi connectivity index (χ0n) is 13.5. The topological polar surface area (TPSA) is 105 Å². The number of nitrogens with one attached hydrogen (secondary N) is 1. The summed E-state index contributed by atoms with van der Waals surface area (Å²) in [6.07, 6.45) is 0.403. The largest absolute Gasteiger partial charge is 0.478 e. The lowest BCUT2D eigenvalue weighted by Crippen LogP contribution is -2.22. The van der Waals surface area contributed by atoms with Crippen molar-refractivity contribution in [2.24, 2.45) is 0 Å². The first kappa shape index (κ1) is 17.1. The second-order valence-corrected chi connectivity index (χ2v) is 7.10. The van der Waals surface area contributed by atoms with Gasteiger partial charge in [0, 0.05) is 17.9 Å². The summed E-state index contributed by atoms with van der Waals surface area (Å²) in [6.45, 7) is 8.11. The Balaban J connectivity index is 2.05. The van der Waals surface area contributed by atoms with E-state index in [1.807, 2.05) is 20.8 Å². The van der Waals surface area contributed by atoms with Gasteiger partial charge in [-0.25, -0.2) is 4.79 Å². The Morgan fingerprint density at radius 3 is 2.52 bits per heavy atom. The molecule has 124 valence electrons. The van der Waals surface area contributed by atoms with Crippen molar-refractivity contribution in [3.63, 3.8) is 0 Å². The lowest BCUT2D eigenvalue weighted by Gasteiger charge is -2.12. The number of hydrogen-bond donors (Lipinski definition) is 2. The quantitative estimate of drug-likeness (QED) is 0.869. The predicted molar refractivity (Wildman–Crippen MR) is 84.8 cm³/mol. The summed E-state index contributed by atoms with van der Waals surface area (Å²) >= 11 is 1.43. The van der Waals surface area contributed by atoms with Crippen molar-refractivity contribution in [1.82, 2.24) is 15.5 Å². The molecule has 0 aliphatic heterocycles. The maximum Gasteiger partial charge on any atom is 0.339 e. The molecule has 0 atom stereocenters. The van der Waals surface area contributed by atoms with Crippen LogP contribution in [0.15, 0.2) is 10.5 Å². The summed E-state index contributed by atoms with van der Waals surface area (Å²) < 4.78 is 5.31. The van der Waals surface area contributed by atoms with Crippen molar-refractivity contribution >= 4 is 23.2 Å². The van der Waals surface area contributed by atoms with Gasteiger partial charge in [0.1, 0.15) is 21.3 Å². The van der Waals surface area contributed by atoms with E-state index in [0.717, 1.165) is 5.01 Å². The first-order valence-corrected chi connectivity index (χ1v) is 8.01. The first-order valence-electron chi connectivity index (χ1n) is 7.19. The fourth-order valence-corrected chi connectivity index (χ4v) is 2.69. The third kappa shape index (κ3) is 3.95. The Bertz CT molecular complexity index is 727. The summed E-state index contributed by atoms with van der Waals surface area (Å²) in [5, 5.41) is 21.5. The normalized spacial score (nSPS) is 11.5. The number of carbonyl (C=O) groups excluding carboxylic acids is 1. The van der Waals surface area contributed by atoms with Crippen molar-refractivity contribution in [3.05, 3.63) is 33.2 Å². The molecule has 8 heteroatoms. The highest BCUT2D eigenvalue weighted by atomic mass is 32.1. The highest BCUT2D eigenvalue weighted by Crippen LogP contribution is 2.25. The van der Waals surface area contributed by atoms with E-state index in [1.165, 1.54) is 17.4 Å². The van der Waals surface area contributed by atoms with Gasteiger partial charge in [-0.3, -0.25) is 4.79 Å². The highest BCUT2D eigenvalue weighted by Gasteiger charge is 2.21. The van der Waals surface area contributed by atoms with E-state index >= 15 is 0 Å². The molecule has 1 amide bonds. The molecule has 0 radical (unpaired) electrons. The minimum Gasteiger partial charge on any atom is -0.478 e. The molecule has 7 nitrogen and oxygen atoms in total. The van der Waals surface area contributed by atoms with Gasteiger partial charge in [-0.1, -0.05) is 39.0 Å². The van der Waals surface area contributed by atoms with Gasteiger partial charge in [-0.15, -0.1) is 10.2 Å². The molecule has 0 bridgehead atoms. The minimum absolute atomic E-state index is 0.0141. The van der Waals surface area contributed by atoms with Crippen molar-refractivity contribution in [1.29, 1.82) is 0 Å². The van der Waals surface area contributed by atoms with E-state index in [0.29, 0.717) is 11.4 Å². The van der Waals surface area contributed by atoms with Crippen molar-refractivity contribution in [2.75, 3.05) is 0 Å². The number of aryl methyl sites for hydroxylation is 1. The van der Waals surface area contributed by atoms with Gasteiger partial charge in [-0.2, -0.15) is 0 Å². The molecule has 2 aromatic heterocycles. The molecule has 0 saturated heterocycles. The van der Waals surface area contributed by atoms with E-state index in [2.05, 4.69) is 15.5 Å². The van der Waals surface area contributed by atoms with E-state index in [9.17, 15) is 9.59 Å². The number of hydrogen-bond acceptors (Lipinski definition) is 6.